The maximum absolute atomic E-state index is 12.2. The molecule has 0 unspecified atom stereocenters. The van der Waals surface area contributed by atoms with Crippen molar-refractivity contribution in [2.45, 2.75) is 38.3 Å². The van der Waals surface area contributed by atoms with Crippen LogP contribution >= 0.6 is 0 Å². The molecule has 0 aromatic carbocycles. The smallest absolute Gasteiger partial charge is 0.317 e. The summed E-state index contributed by atoms with van der Waals surface area (Å²) in [6.45, 7) is 5.36. The summed E-state index contributed by atoms with van der Waals surface area (Å²) in [5, 5.41) is 11.8. The molecule has 120 valence electrons. The highest BCUT2D eigenvalue weighted by atomic mass is 16.5. The third kappa shape index (κ3) is 4.86. The van der Waals surface area contributed by atoms with Crippen molar-refractivity contribution in [3.05, 3.63) is 0 Å². The van der Waals surface area contributed by atoms with Crippen LogP contribution in [-0.4, -0.2) is 78.4 Å². The Kier molecular flexibility index (Phi) is 5.81. The summed E-state index contributed by atoms with van der Waals surface area (Å²) < 4.78 is 5.48. The number of ether oxygens (including phenoxy) is 1. The van der Waals surface area contributed by atoms with Crippen LogP contribution in [0.2, 0.25) is 0 Å². The molecule has 0 spiro atoms. The van der Waals surface area contributed by atoms with Gasteiger partial charge in [0.25, 0.3) is 0 Å². The molecule has 0 aromatic rings. The molecule has 7 heteroatoms. The van der Waals surface area contributed by atoms with Crippen molar-refractivity contribution < 1.29 is 19.4 Å². The quantitative estimate of drug-likeness (QED) is 0.766. The average Bonchev–Trinajstić information content (AvgIpc) is 2.61. The highest BCUT2D eigenvalue weighted by Gasteiger charge is 2.32. The second-order valence-electron chi connectivity index (χ2n) is 5.71. The lowest BCUT2D eigenvalue weighted by atomic mass is 9.89. The van der Waals surface area contributed by atoms with Gasteiger partial charge in [0.2, 0.25) is 0 Å². The summed E-state index contributed by atoms with van der Waals surface area (Å²) in [6.07, 6.45) is 2.87. The standard InChI is InChI=1S/C14H25N3O4/c1-2-21-12-8-11(9-12)15-14(20)17-5-3-4-16(6-7-17)10-13(18)19/h11-12H,2-10H2,1H3,(H,15,20)(H,18,19). The lowest BCUT2D eigenvalue weighted by Gasteiger charge is -2.36. The van der Waals surface area contributed by atoms with Crippen LogP contribution in [-0.2, 0) is 9.53 Å². The van der Waals surface area contributed by atoms with E-state index in [0.29, 0.717) is 19.6 Å². The molecule has 2 N–H and O–H groups in total. The summed E-state index contributed by atoms with van der Waals surface area (Å²) in [4.78, 5) is 26.6. The van der Waals surface area contributed by atoms with Gasteiger partial charge in [-0.25, -0.2) is 4.79 Å². The Morgan fingerprint density at radius 2 is 2.00 bits per heavy atom. The molecule has 1 saturated heterocycles. The first-order valence-electron chi connectivity index (χ1n) is 7.69. The number of nitrogens with zero attached hydrogens (tertiary/aromatic N) is 2. The van der Waals surface area contributed by atoms with Crippen molar-refractivity contribution in [1.29, 1.82) is 0 Å². The van der Waals surface area contributed by atoms with E-state index in [0.717, 1.165) is 32.4 Å². The second kappa shape index (κ2) is 7.61. The van der Waals surface area contributed by atoms with Gasteiger partial charge in [-0.1, -0.05) is 0 Å². The van der Waals surface area contributed by atoms with Crippen molar-refractivity contribution in [2.24, 2.45) is 0 Å². The van der Waals surface area contributed by atoms with Crippen molar-refractivity contribution in [3.63, 3.8) is 0 Å². The van der Waals surface area contributed by atoms with E-state index in [1.807, 2.05) is 11.8 Å². The fourth-order valence-corrected chi connectivity index (χ4v) is 2.84. The zero-order valence-corrected chi connectivity index (χ0v) is 12.6. The highest BCUT2D eigenvalue weighted by Crippen LogP contribution is 2.23. The number of urea groups is 1. The van der Waals surface area contributed by atoms with Crippen molar-refractivity contribution in [2.75, 3.05) is 39.3 Å². The number of carbonyl (C=O) groups is 2. The highest BCUT2D eigenvalue weighted by molar-refractivity contribution is 5.74. The van der Waals surface area contributed by atoms with E-state index in [1.165, 1.54) is 0 Å². The molecule has 1 aliphatic heterocycles. The van der Waals surface area contributed by atoms with E-state index < -0.39 is 5.97 Å². The number of aliphatic carboxylic acids is 1. The fourth-order valence-electron chi connectivity index (χ4n) is 2.84. The summed E-state index contributed by atoms with van der Waals surface area (Å²) in [7, 11) is 0. The molecule has 2 rings (SSSR count). The van der Waals surface area contributed by atoms with E-state index in [9.17, 15) is 9.59 Å². The van der Waals surface area contributed by atoms with E-state index >= 15 is 0 Å². The van der Waals surface area contributed by atoms with Gasteiger partial charge in [0.05, 0.1) is 12.6 Å². The predicted molar refractivity (Wildman–Crippen MR) is 77.2 cm³/mol. The Bertz CT molecular complexity index is 371. The van der Waals surface area contributed by atoms with Gasteiger partial charge in [0, 0.05) is 38.8 Å². The Morgan fingerprint density at radius 3 is 2.67 bits per heavy atom. The number of carboxylic acids is 1. The molecular formula is C14H25N3O4. The number of carboxylic acid groups (broad SMARTS) is 1. The lowest BCUT2D eigenvalue weighted by molar-refractivity contribution is -0.138. The molecule has 7 nitrogen and oxygen atoms in total. The number of rotatable bonds is 5. The van der Waals surface area contributed by atoms with Crippen LogP contribution in [0.25, 0.3) is 0 Å². The molecule has 0 atom stereocenters. The van der Waals surface area contributed by atoms with Gasteiger partial charge in [-0.05, 0) is 26.2 Å². The van der Waals surface area contributed by atoms with Crippen molar-refractivity contribution >= 4 is 12.0 Å². The zero-order chi connectivity index (χ0) is 15.2. The molecule has 0 bridgehead atoms. The maximum atomic E-state index is 12.2. The SMILES string of the molecule is CCOC1CC(NC(=O)N2CCCN(CC(=O)O)CC2)C1. The molecule has 21 heavy (non-hydrogen) atoms. The normalized spacial score (nSPS) is 26.8. The molecule has 2 fully saturated rings. The van der Waals surface area contributed by atoms with Crippen LogP contribution in [0.1, 0.15) is 26.2 Å². The Labute approximate surface area is 125 Å². The maximum Gasteiger partial charge on any atom is 0.317 e. The number of nitrogens with one attached hydrogen (secondary N) is 1. The summed E-state index contributed by atoms with van der Waals surface area (Å²) in [6, 6.07) is 0.180. The topological polar surface area (TPSA) is 82.1 Å². The molecular weight excluding hydrogens is 274 g/mol. The summed E-state index contributed by atoms with van der Waals surface area (Å²) >= 11 is 0. The van der Waals surface area contributed by atoms with E-state index in [-0.39, 0.29) is 24.7 Å². The van der Waals surface area contributed by atoms with Gasteiger partial charge in [-0.15, -0.1) is 0 Å². The first-order valence-corrected chi connectivity index (χ1v) is 7.69. The number of hydrogen-bond donors (Lipinski definition) is 2. The first-order chi connectivity index (χ1) is 10.1. The molecule has 2 aliphatic rings. The van der Waals surface area contributed by atoms with Crippen LogP contribution in [0.4, 0.5) is 4.79 Å². The molecule has 0 aromatic heterocycles. The van der Waals surface area contributed by atoms with Crippen molar-refractivity contribution in [1.82, 2.24) is 15.1 Å². The Morgan fingerprint density at radius 1 is 1.24 bits per heavy atom. The van der Waals surface area contributed by atoms with Crippen LogP contribution < -0.4 is 5.32 Å². The summed E-state index contributed by atoms with van der Waals surface area (Å²) in [5.41, 5.74) is 0. The second-order valence-corrected chi connectivity index (χ2v) is 5.71. The van der Waals surface area contributed by atoms with Crippen LogP contribution in [0.15, 0.2) is 0 Å². The minimum atomic E-state index is -0.815. The molecule has 1 saturated carbocycles. The van der Waals surface area contributed by atoms with E-state index in [1.54, 1.807) is 4.90 Å². The molecule has 0 radical (unpaired) electrons. The third-order valence-corrected chi connectivity index (χ3v) is 4.06. The van der Waals surface area contributed by atoms with E-state index in [4.69, 9.17) is 9.84 Å². The fraction of sp³-hybridized carbons (Fsp3) is 0.857. The Balaban J connectivity index is 1.70. The summed E-state index contributed by atoms with van der Waals surface area (Å²) in [5.74, 6) is -0.815. The van der Waals surface area contributed by atoms with Gasteiger partial charge in [0.1, 0.15) is 0 Å². The number of hydrogen-bond acceptors (Lipinski definition) is 4. The molecule has 1 heterocycles. The van der Waals surface area contributed by atoms with E-state index in [2.05, 4.69) is 5.32 Å². The third-order valence-electron chi connectivity index (χ3n) is 4.06. The molecule has 2 amide bonds. The molecule has 1 aliphatic carbocycles. The largest absolute Gasteiger partial charge is 0.480 e. The van der Waals surface area contributed by atoms with Gasteiger partial charge >= 0.3 is 12.0 Å². The minimum absolute atomic E-state index is 0.0351. The van der Waals surface area contributed by atoms with Crippen LogP contribution in [0.5, 0.6) is 0 Å². The van der Waals surface area contributed by atoms with Crippen molar-refractivity contribution in [3.8, 4) is 0 Å². The van der Waals surface area contributed by atoms with Gasteiger partial charge in [-0.2, -0.15) is 0 Å². The van der Waals surface area contributed by atoms with Gasteiger partial charge in [0.15, 0.2) is 0 Å². The monoisotopic (exact) mass is 299 g/mol. The first kappa shape index (κ1) is 16.0. The average molecular weight is 299 g/mol. The van der Waals surface area contributed by atoms with Crippen LogP contribution in [0.3, 0.4) is 0 Å². The van der Waals surface area contributed by atoms with Gasteiger partial charge in [-0.3, -0.25) is 9.69 Å². The number of amides is 2. The Hall–Kier alpha value is -1.34. The number of carbonyl (C=O) groups excluding carboxylic acids is 1. The predicted octanol–water partition coefficient (Wildman–Crippen LogP) is 0.356. The minimum Gasteiger partial charge on any atom is -0.480 e. The van der Waals surface area contributed by atoms with Gasteiger partial charge < -0.3 is 20.1 Å². The lowest BCUT2D eigenvalue weighted by Crippen LogP contribution is -2.52. The van der Waals surface area contributed by atoms with Crippen LogP contribution in [0, 0.1) is 0 Å². The zero-order valence-electron chi connectivity index (χ0n) is 12.6.